The number of hydrogen-bond acceptors (Lipinski definition) is 3. The van der Waals surface area contributed by atoms with E-state index in [0.29, 0.717) is 17.0 Å². The summed E-state index contributed by atoms with van der Waals surface area (Å²) in [6.45, 7) is 1.82. The maximum absolute atomic E-state index is 13.0. The molecule has 0 aliphatic heterocycles. The molecule has 0 radical (unpaired) electrons. The fourth-order valence-corrected chi connectivity index (χ4v) is 1.65. The maximum Gasteiger partial charge on any atom is 0.159 e. The van der Waals surface area contributed by atoms with E-state index in [0.717, 1.165) is 17.7 Å². The molecule has 0 bridgehead atoms. The van der Waals surface area contributed by atoms with E-state index in [1.165, 1.54) is 6.07 Å². The Kier molecular flexibility index (Phi) is 4.30. The van der Waals surface area contributed by atoms with Gasteiger partial charge in [-0.3, -0.25) is 0 Å². The first kappa shape index (κ1) is 14.0. The van der Waals surface area contributed by atoms with Gasteiger partial charge in [0.25, 0.3) is 0 Å². The van der Waals surface area contributed by atoms with Crippen molar-refractivity contribution in [2.45, 2.75) is 13.5 Å². The van der Waals surface area contributed by atoms with Gasteiger partial charge in [-0.25, -0.2) is 8.78 Å². The summed E-state index contributed by atoms with van der Waals surface area (Å²) in [5.74, 6) is -1.18. The molecule has 0 atom stereocenters. The average molecular weight is 277 g/mol. The predicted molar refractivity (Wildman–Crippen MR) is 71.1 cm³/mol. The summed E-state index contributed by atoms with van der Waals surface area (Å²) in [5.41, 5.74) is 1.81. The first-order valence-electron chi connectivity index (χ1n) is 5.96. The Labute approximate surface area is 115 Å². The molecular formula is C15H13F2NO2. The van der Waals surface area contributed by atoms with E-state index >= 15 is 0 Å². The number of oxime groups is 1. The largest absolute Gasteiger partial charge is 0.489 e. The Morgan fingerprint density at radius 2 is 1.80 bits per heavy atom. The van der Waals surface area contributed by atoms with E-state index in [4.69, 9.17) is 9.94 Å². The number of nitrogens with zero attached hydrogens (tertiary/aromatic N) is 1. The highest BCUT2D eigenvalue weighted by molar-refractivity contribution is 5.98. The minimum absolute atomic E-state index is 0.142. The molecule has 0 saturated heterocycles. The van der Waals surface area contributed by atoms with Gasteiger partial charge in [0.2, 0.25) is 0 Å². The minimum Gasteiger partial charge on any atom is -0.489 e. The van der Waals surface area contributed by atoms with Crippen LogP contribution in [0.3, 0.4) is 0 Å². The van der Waals surface area contributed by atoms with E-state index in [-0.39, 0.29) is 6.61 Å². The third-order valence-electron chi connectivity index (χ3n) is 2.81. The second-order valence-corrected chi connectivity index (χ2v) is 4.25. The Balaban J connectivity index is 2.02. The monoisotopic (exact) mass is 277 g/mol. The smallest absolute Gasteiger partial charge is 0.159 e. The summed E-state index contributed by atoms with van der Waals surface area (Å²) in [7, 11) is 0. The van der Waals surface area contributed by atoms with E-state index < -0.39 is 11.6 Å². The van der Waals surface area contributed by atoms with Crippen LogP contribution in [0.25, 0.3) is 0 Å². The topological polar surface area (TPSA) is 41.8 Å². The van der Waals surface area contributed by atoms with Crippen LogP contribution in [0.15, 0.2) is 47.6 Å². The fourth-order valence-electron chi connectivity index (χ4n) is 1.65. The van der Waals surface area contributed by atoms with Gasteiger partial charge >= 0.3 is 0 Å². The second kappa shape index (κ2) is 6.14. The lowest BCUT2D eigenvalue weighted by Crippen LogP contribution is -1.98. The molecule has 0 saturated carbocycles. The Morgan fingerprint density at radius 1 is 1.10 bits per heavy atom. The van der Waals surface area contributed by atoms with Crippen molar-refractivity contribution < 1.29 is 18.7 Å². The zero-order chi connectivity index (χ0) is 14.5. The summed E-state index contributed by atoms with van der Waals surface area (Å²) in [5, 5.41) is 11.7. The molecule has 2 rings (SSSR count). The highest BCUT2D eigenvalue weighted by Crippen LogP contribution is 2.16. The zero-order valence-corrected chi connectivity index (χ0v) is 10.8. The van der Waals surface area contributed by atoms with Crippen molar-refractivity contribution in [3.63, 3.8) is 0 Å². The number of benzene rings is 2. The van der Waals surface area contributed by atoms with Crippen LogP contribution in [-0.2, 0) is 6.61 Å². The second-order valence-electron chi connectivity index (χ2n) is 4.25. The van der Waals surface area contributed by atoms with Gasteiger partial charge in [0.1, 0.15) is 12.4 Å². The van der Waals surface area contributed by atoms with Crippen LogP contribution in [0.2, 0.25) is 0 Å². The number of ether oxygens (including phenoxy) is 1. The molecule has 0 aliphatic carbocycles. The van der Waals surface area contributed by atoms with Crippen LogP contribution in [0.5, 0.6) is 5.75 Å². The molecular weight excluding hydrogens is 264 g/mol. The van der Waals surface area contributed by atoms with E-state index in [9.17, 15) is 8.78 Å². The summed E-state index contributed by atoms with van der Waals surface area (Å²) in [4.78, 5) is 0. The van der Waals surface area contributed by atoms with Crippen LogP contribution >= 0.6 is 0 Å². The summed E-state index contributed by atoms with van der Waals surface area (Å²) in [6.07, 6.45) is 0. The molecule has 5 heteroatoms. The molecule has 20 heavy (non-hydrogen) atoms. The van der Waals surface area contributed by atoms with Crippen molar-refractivity contribution in [2.75, 3.05) is 0 Å². The molecule has 2 aromatic carbocycles. The zero-order valence-electron chi connectivity index (χ0n) is 10.8. The molecule has 0 aliphatic rings. The lowest BCUT2D eigenvalue weighted by molar-refractivity contribution is 0.305. The first-order valence-corrected chi connectivity index (χ1v) is 5.96. The summed E-state index contributed by atoms with van der Waals surface area (Å²) < 4.78 is 31.3. The van der Waals surface area contributed by atoms with Crippen molar-refractivity contribution in [1.29, 1.82) is 0 Å². The lowest BCUT2D eigenvalue weighted by Gasteiger charge is -2.07. The normalized spacial score (nSPS) is 11.4. The average Bonchev–Trinajstić information content (AvgIpc) is 2.48. The molecule has 0 aromatic heterocycles. The third kappa shape index (κ3) is 3.32. The quantitative estimate of drug-likeness (QED) is 0.525. The van der Waals surface area contributed by atoms with Gasteiger partial charge in [-0.2, -0.15) is 0 Å². The predicted octanol–water partition coefficient (Wildman–Crippen LogP) is 3.74. The highest BCUT2D eigenvalue weighted by Gasteiger charge is 2.04. The molecule has 0 fully saturated rings. The number of rotatable bonds is 4. The molecule has 2 aromatic rings. The summed E-state index contributed by atoms with van der Waals surface area (Å²) >= 11 is 0. The molecule has 1 N–H and O–H groups in total. The van der Waals surface area contributed by atoms with Gasteiger partial charge < -0.3 is 9.94 Å². The van der Waals surface area contributed by atoms with Gasteiger partial charge in [-0.05, 0) is 54.4 Å². The molecule has 0 spiro atoms. The van der Waals surface area contributed by atoms with Crippen molar-refractivity contribution >= 4 is 5.71 Å². The van der Waals surface area contributed by atoms with Crippen LogP contribution in [0.1, 0.15) is 18.1 Å². The van der Waals surface area contributed by atoms with Crippen LogP contribution < -0.4 is 4.74 Å². The number of halogens is 2. The van der Waals surface area contributed by atoms with E-state index in [1.807, 2.05) is 0 Å². The molecule has 0 unspecified atom stereocenters. The Morgan fingerprint density at radius 3 is 2.40 bits per heavy atom. The molecule has 0 amide bonds. The van der Waals surface area contributed by atoms with Crippen molar-refractivity contribution in [3.05, 3.63) is 65.2 Å². The number of hydrogen-bond donors (Lipinski definition) is 1. The SMILES string of the molecule is C/C(=N/O)c1ccc(OCc2ccc(F)c(F)c2)cc1. The van der Waals surface area contributed by atoms with Gasteiger partial charge in [0.15, 0.2) is 11.6 Å². The van der Waals surface area contributed by atoms with Gasteiger partial charge in [0, 0.05) is 0 Å². The van der Waals surface area contributed by atoms with Crippen molar-refractivity contribution in [1.82, 2.24) is 0 Å². The Bertz CT molecular complexity index is 624. The maximum atomic E-state index is 13.0. The van der Waals surface area contributed by atoms with Crippen molar-refractivity contribution in [3.8, 4) is 5.75 Å². The third-order valence-corrected chi connectivity index (χ3v) is 2.81. The molecule has 104 valence electrons. The van der Waals surface area contributed by atoms with Crippen LogP contribution in [0, 0.1) is 11.6 Å². The van der Waals surface area contributed by atoms with E-state index in [1.54, 1.807) is 31.2 Å². The lowest BCUT2D eigenvalue weighted by atomic mass is 10.1. The summed E-state index contributed by atoms with van der Waals surface area (Å²) in [6, 6.07) is 10.6. The molecule has 3 nitrogen and oxygen atoms in total. The Hall–Kier alpha value is -2.43. The van der Waals surface area contributed by atoms with Gasteiger partial charge in [0.05, 0.1) is 5.71 Å². The van der Waals surface area contributed by atoms with Gasteiger partial charge in [-0.1, -0.05) is 11.2 Å². The highest BCUT2D eigenvalue weighted by atomic mass is 19.2. The van der Waals surface area contributed by atoms with Crippen molar-refractivity contribution in [2.24, 2.45) is 5.16 Å². The van der Waals surface area contributed by atoms with Crippen LogP contribution in [0.4, 0.5) is 8.78 Å². The van der Waals surface area contributed by atoms with Crippen LogP contribution in [-0.4, -0.2) is 10.9 Å². The standard InChI is InChI=1S/C15H13F2NO2/c1-10(18-19)12-3-5-13(6-4-12)20-9-11-2-7-14(16)15(17)8-11/h2-8,19H,9H2,1H3/b18-10-. The first-order chi connectivity index (χ1) is 9.60. The molecule has 0 heterocycles. The minimum atomic E-state index is -0.892. The van der Waals surface area contributed by atoms with E-state index in [2.05, 4.69) is 5.16 Å². The van der Waals surface area contributed by atoms with Gasteiger partial charge in [-0.15, -0.1) is 0 Å². The fraction of sp³-hybridized carbons (Fsp3) is 0.133.